The maximum absolute atomic E-state index is 12.1. The number of alkyl halides is 2. The summed E-state index contributed by atoms with van der Waals surface area (Å²) in [5.74, 6) is -0.536. The Hall–Kier alpha value is -3.16. The van der Waals surface area contributed by atoms with E-state index in [2.05, 4.69) is 15.4 Å². The van der Waals surface area contributed by atoms with E-state index >= 15 is 0 Å². The average molecular weight is 350 g/mol. The van der Waals surface area contributed by atoms with Crippen LogP contribution in [0.4, 0.5) is 14.5 Å². The molecule has 0 aromatic heterocycles. The molecule has 0 saturated carbocycles. The third kappa shape index (κ3) is 5.45. The molecule has 0 unspecified atom stereocenters. The number of carbonyl (C=O) groups excluding carboxylic acids is 2. The van der Waals surface area contributed by atoms with Crippen molar-refractivity contribution in [1.82, 2.24) is 5.32 Å². The fourth-order valence-electron chi connectivity index (χ4n) is 2.01. The van der Waals surface area contributed by atoms with Crippen LogP contribution in [0.25, 0.3) is 0 Å². The zero-order valence-electron chi connectivity index (χ0n) is 13.3. The molecule has 2 amide bonds. The minimum absolute atomic E-state index is 0.0162. The SMILES string of the molecule is COc1ccccc1C(=O)NCC(=O)Nc1ccc(OC(F)F)cc1. The van der Waals surface area contributed by atoms with Crippen LogP contribution in [-0.4, -0.2) is 32.1 Å². The maximum atomic E-state index is 12.1. The number of para-hydroxylation sites is 1. The van der Waals surface area contributed by atoms with E-state index in [1.165, 1.54) is 31.4 Å². The molecule has 0 radical (unpaired) electrons. The van der Waals surface area contributed by atoms with Crippen molar-refractivity contribution in [3.05, 3.63) is 54.1 Å². The van der Waals surface area contributed by atoms with Crippen molar-refractivity contribution in [2.75, 3.05) is 19.0 Å². The fraction of sp³-hybridized carbons (Fsp3) is 0.176. The number of carbonyl (C=O) groups is 2. The Balaban J connectivity index is 1.87. The van der Waals surface area contributed by atoms with Crippen LogP contribution in [0.15, 0.2) is 48.5 Å². The number of hydrogen-bond acceptors (Lipinski definition) is 4. The van der Waals surface area contributed by atoms with Crippen molar-refractivity contribution in [2.45, 2.75) is 6.61 Å². The highest BCUT2D eigenvalue weighted by molar-refractivity contribution is 6.00. The van der Waals surface area contributed by atoms with Crippen LogP contribution < -0.4 is 20.1 Å². The molecule has 2 aromatic carbocycles. The first-order valence-electron chi connectivity index (χ1n) is 7.25. The van der Waals surface area contributed by atoms with Crippen LogP contribution in [0.5, 0.6) is 11.5 Å². The molecule has 0 bridgehead atoms. The third-order valence-corrected chi connectivity index (χ3v) is 3.12. The molecule has 0 atom stereocenters. The number of ether oxygens (including phenoxy) is 2. The van der Waals surface area contributed by atoms with Crippen molar-refractivity contribution in [3.63, 3.8) is 0 Å². The van der Waals surface area contributed by atoms with Gasteiger partial charge in [0.2, 0.25) is 5.91 Å². The first kappa shape index (κ1) is 18.2. The fourth-order valence-corrected chi connectivity index (χ4v) is 2.01. The smallest absolute Gasteiger partial charge is 0.387 e. The zero-order chi connectivity index (χ0) is 18.2. The minimum Gasteiger partial charge on any atom is -0.496 e. The molecule has 132 valence electrons. The quantitative estimate of drug-likeness (QED) is 0.805. The lowest BCUT2D eigenvalue weighted by molar-refractivity contribution is -0.115. The molecule has 0 spiro atoms. The molecule has 25 heavy (non-hydrogen) atoms. The molecule has 0 fully saturated rings. The molecule has 0 aliphatic rings. The van der Waals surface area contributed by atoms with Crippen molar-refractivity contribution in [2.24, 2.45) is 0 Å². The van der Waals surface area contributed by atoms with Crippen LogP contribution >= 0.6 is 0 Å². The van der Waals surface area contributed by atoms with E-state index in [9.17, 15) is 18.4 Å². The average Bonchev–Trinajstić information content (AvgIpc) is 2.61. The topological polar surface area (TPSA) is 76.7 Å². The highest BCUT2D eigenvalue weighted by atomic mass is 19.3. The molecular formula is C17H16F2N2O4. The molecule has 2 aromatic rings. The number of amides is 2. The lowest BCUT2D eigenvalue weighted by Crippen LogP contribution is -2.33. The first-order chi connectivity index (χ1) is 12.0. The van der Waals surface area contributed by atoms with Crippen LogP contribution in [0.1, 0.15) is 10.4 Å². The van der Waals surface area contributed by atoms with E-state index in [-0.39, 0.29) is 12.3 Å². The molecule has 0 heterocycles. The van der Waals surface area contributed by atoms with E-state index in [4.69, 9.17) is 4.74 Å². The molecule has 2 N–H and O–H groups in total. The van der Waals surface area contributed by atoms with Gasteiger partial charge in [0.05, 0.1) is 19.2 Å². The molecule has 0 saturated heterocycles. The van der Waals surface area contributed by atoms with Crippen LogP contribution in [0, 0.1) is 0 Å². The van der Waals surface area contributed by atoms with Gasteiger partial charge in [0.25, 0.3) is 5.91 Å². The van der Waals surface area contributed by atoms with Crippen LogP contribution in [-0.2, 0) is 4.79 Å². The predicted molar refractivity (Wildman–Crippen MR) is 87.0 cm³/mol. The van der Waals surface area contributed by atoms with Crippen LogP contribution in [0.2, 0.25) is 0 Å². The summed E-state index contributed by atoms with van der Waals surface area (Å²) in [7, 11) is 1.44. The maximum Gasteiger partial charge on any atom is 0.387 e. The summed E-state index contributed by atoms with van der Waals surface area (Å²) in [6, 6.07) is 12.1. The van der Waals surface area contributed by atoms with Gasteiger partial charge >= 0.3 is 6.61 Å². The van der Waals surface area contributed by atoms with E-state index in [0.29, 0.717) is 17.0 Å². The van der Waals surface area contributed by atoms with E-state index in [0.717, 1.165) is 0 Å². The summed E-state index contributed by atoms with van der Waals surface area (Å²) in [5.41, 5.74) is 0.699. The number of benzene rings is 2. The van der Waals surface area contributed by atoms with Gasteiger partial charge in [-0.3, -0.25) is 9.59 Å². The number of rotatable bonds is 7. The summed E-state index contributed by atoms with van der Waals surface area (Å²) in [4.78, 5) is 23.9. The Kier molecular flexibility index (Phi) is 6.27. The van der Waals surface area contributed by atoms with Gasteiger partial charge in [-0.1, -0.05) is 12.1 Å². The summed E-state index contributed by atoms with van der Waals surface area (Å²) in [6.45, 7) is -3.17. The first-order valence-corrected chi connectivity index (χ1v) is 7.25. The van der Waals surface area contributed by atoms with Crippen molar-refractivity contribution in [1.29, 1.82) is 0 Å². The second kappa shape index (κ2) is 8.62. The second-order valence-electron chi connectivity index (χ2n) is 4.83. The van der Waals surface area contributed by atoms with Gasteiger partial charge in [0, 0.05) is 5.69 Å². The standard InChI is InChI=1S/C17H16F2N2O4/c1-24-14-5-3-2-4-13(14)16(23)20-10-15(22)21-11-6-8-12(9-7-11)25-17(18)19/h2-9,17H,10H2,1H3,(H,20,23)(H,21,22). The summed E-state index contributed by atoms with van der Waals surface area (Å²) in [5, 5.41) is 5.01. The Labute approximate surface area is 142 Å². The largest absolute Gasteiger partial charge is 0.496 e. The number of hydrogen-bond donors (Lipinski definition) is 2. The Morgan fingerprint density at radius 3 is 2.40 bits per heavy atom. The van der Waals surface area contributed by atoms with Gasteiger partial charge in [0.15, 0.2) is 0 Å². The molecule has 2 rings (SSSR count). The number of halogens is 2. The van der Waals surface area contributed by atoms with E-state index < -0.39 is 18.4 Å². The Morgan fingerprint density at radius 2 is 1.76 bits per heavy atom. The van der Waals surface area contributed by atoms with Gasteiger partial charge in [-0.25, -0.2) is 0 Å². The Morgan fingerprint density at radius 1 is 1.08 bits per heavy atom. The molecule has 8 heteroatoms. The molecule has 0 aliphatic heterocycles. The highest BCUT2D eigenvalue weighted by Crippen LogP contribution is 2.18. The molecule has 0 aliphatic carbocycles. The summed E-state index contributed by atoms with van der Waals surface area (Å²) < 4.78 is 33.4. The molecule has 6 nitrogen and oxygen atoms in total. The lowest BCUT2D eigenvalue weighted by Gasteiger charge is -2.10. The number of methoxy groups -OCH3 is 1. The zero-order valence-corrected chi connectivity index (χ0v) is 13.3. The van der Waals surface area contributed by atoms with Gasteiger partial charge in [-0.2, -0.15) is 8.78 Å². The van der Waals surface area contributed by atoms with Gasteiger partial charge in [0.1, 0.15) is 11.5 Å². The number of anilines is 1. The minimum atomic E-state index is -2.91. The lowest BCUT2D eigenvalue weighted by atomic mass is 10.2. The predicted octanol–water partition coefficient (Wildman–Crippen LogP) is 2.67. The highest BCUT2D eigenvalue weighted by Gasteiger charge is 2.12. The van der Waals surface area contributed by atoms with Crippen molar-refractivity contribution >= 4 is 17.5 Å². The second-order valence-corrected chi connectivity index (χ2v) is 4.83. The summed E-state index contributed by atoms with van der Waals surface area (Å²) in [6.07, 6.45) is 0. The van der Waals surface area contributed by atoms with Crippen molar-refractivity contribution < 1.29 is 27.8 Å². The normalized spacial score (nSPS) is 10.2. The van der Waals surface area contributed by atoms with Crippen LogP contribution in [0.3, 0.4) is 0 Å². The monoisotopic (exact) mass is 350 g/mol. The van der Waals surface area contributed by atoms with E-state index in [1.807, 2.05) is 0 Å². The molecular weight excluding hydrogens is 334 g/mol. The van der Waals surface area contributed by atoms with Gasteiger partial charge < -0.3 is 20.1 Å². The van der Waals surface area contributed by atoms with Gasteiger partial charge in [-0.15, -0.1) is 0 Å². The Bertz CT molecular complexity index is 736. The van der Waals surface area contributed by atoms with Crippen molar-refractivity contribution in [3.8, 4) is 11.5 Å². The summed E-state index contributed by atoms with van der Waals surface area (Å²) >= 11 is 0. The number of nitrogens with one attached hydrogen (secondary N) is 2. The van der Waals surface area contributed by atoms with E-state index in [1.54, 1.807) is 24.3 Å². The third-order valence-electron chi connectivity index (χ3n) is 3.12. The van der Waals surface area contributed by atoms with Gasteiger partial charge in [-0.05, 0) is 36.4 Å².